The number of hydrogen-bond donors (Lipinski definition) is 2. The maximum atomic E-state index is 5.36. The average Bonchev–Trinajstić information content (AvgIpc) is 2.34. The van der Waals surface area contributed by atoms with Gasteiger partial charge in [-0.05, 0) is 12.1 Å². The van der Waals surface area contributed by atoms with Crippen LogP contribution >= 0.6 is 0 Å². The van der Waals surface area contributed by atoms with Gasteiger partial charge in [-0.1, -0.05) is 32.0 Å². The van der Waals surface area contributed by atoms with Crippen molar-refractivity contribution >= 4 is 11.4 Å². The molecule has 2 rings (SSSR count). The number of rotatable bonds is 0. The molecule has 1 heterocycles. The fraction of sp³-hybridized carbons (Fsp3) is 0.167. The van der Waals surface area contributed by atoms with Crippen molar-refractivity contribution in [2.75, 3.05) is 11.5 Å². The number of benzene rings is 1. The largest absolute Gasteiger partial charge is 0.399 e. The summed E-state index contributed by atoms with van der Waals surface area (Å²) < 4.78 is 0. The molecule has 0 spiro atoms. The fourth-order valence-electron chi connectivity index (χ4n) is 0.764. The van der Waals surface area contributed by atoms with E-state index in [2.05, 4.69) is 9.97 Å². The summed E-state index contributed by atoms with van der Waals surface area (Å²) in [4.78, 5) is 7.30. The first kappa shape index (κ1) is 13.9. The SMILES string of the molecule is CC.Nc1ccccc1.Nc1cncnc1. The normalized spacial score (nSPS) is 7.88. The lowest BCUT2D eigenvalue weighted by molar-refractivity contribution is 1.17. The first-order valence-corrected chi connectivity index (χ1v) is 5.10. The van der Waals surface area contributed by atoms with E-state index in [1.165, 1.54) is 6.33 Å². The summed E-state index contributed by atoms with van der Waals surface area (Å²) >= 11 is 0. The lowest BCUT2D eigenvalue weighted by Gasteiger charge is -1.83. The summed E-state index contributed by atoms with van der Waals surface area (Å²) in [6, 6.07) is 9.49. The van der Waals surface area contributed by atoms with Crippen LogP contribution in [0.4, 0.5) is 11.4 Å². The van der Waals surface area contributed by atoms with Gasteiger partial charge in [-0.3, -0.25) is 0 Å². The van der Waals surface area contributed by atoms with Crippen LogP contribution in [0.2, 0.25) is 0 Å². The molecule has 1 aromatic carbocycles. The standard InChI is InChI=1S/C6H7N.C4H5N3.C2H6/c7-6-4-2-1-3-5-6;5-4-1-6-3-7-2-4;1-2/h1-5H,7H2;1-3H,5H2;1-2H3. The molecule has 16 heavy (non-hydrogen) atoms. The van der Waals surface area contributed by atoms with Gasteiger partial charge in [0.05, 0.1) is 18.1 Å². The van der Waals surface area contributed by atoms with E-state index >= 15 is 0 Å². The summed E-state index contributed by atoms with van der Waals surface area (Å²) in [6.07, 6.45) is 4.54. The van der Waals surface area contributed by atoms with E-state index in [1.54, 1.807) is 12.4 Å². The molecular weight excluding hydrogens is 200 g/mol. The van der Waals surface area contributed by atoms with Crippen LogP contribution in [0.1, 0.15) is 13.8 Å². The lowest BCUT2D eigenvalue weighted by atomic mass is 10.3. The number of hydrogen-bond acceptors (Lipinski definition) is 4. The van der Waals surface area contributed by atoms with Gasteiger partial charge < -0.3 is 11.5 Å². The van der Waals surface area contributed by atoms with Crippen LogP contribution in [-0.2, 0) is 0 Å². The van der Waals surface area contributed by atoms with Crippen molar-refractivity contribution in [2.24, 2.45) is 0 Å². The number of anilines is 2. The Morgan fingerprint density at radius 1 is 0.812 bits per heavy atom. The Balaban J connectivity index is 0.000000244. The van der Waals surface area contributed by atoms with Gasteiger partial charge in [-0.25, -0.2) is 9.97 Å². The van der Waals surface area contributed by atoms with Gasteiger partial charge in [-0.2, -0.15) is 0 Å². The molecule has 0 atom stereocenters. The van der Waals surface area contributed by atoms with E-state index < -0.39 is 0 Å². The maximum absolute atomic E-state index is 5.36. The van der Waals surface area contributed by atoms with Crippen molar-refractivity contribution in [2.45, 2.75) is 13.8 Å². The van der Waals surface area contributed by atoms with Crippen LogP contribution < -0.4 is 11.5 Å². The van der Waals surface area contributed by atoms with Gasteiger partial charge in [0, 0.05) is 5.69 Å². The average molecular weight is 218 g/mol. The Kier molecular flexibility index (Phi) is 8.21. The van der Waals surface area contributed by atoms with Crippen LogP contribution in [-0.4, -0.2) is 9.97 Å². The molecule has 0 saturated carbocycles. The lowest BCUT2D eigenvalue weighted by Crippen LogP contribution is -1.85. The predicted octanol–water partition coefficient (Wildman–Crippen LogP) is 2.35. The smallest absolute Gasteiger partial charge is 0.115 e. The number of aromatic nitrogens is 2. The number of nitrogen functional groups attached to an aromatic ring is 2. The predicted molar refractivity (Wildman–Crippen MR) is 68.6 cm³/mol. The van der Waals surface area contributed by atoms with Crippen molar-refractivity contribution in [3.05, 3.63) is 49.1 Å². The minimum Gasteiger partial charge on any atom is -0.399 e. The van der Waals surface area contributed by atoms with Gasteiger partial charge in [-0.15, -0.1) is 0 Å². The van der Waals surface area contributed by atoms with E-state index in [0.717, 1.165) is 5.69 Å². The fourth-order valence-corrected chi connectivity index (χ4v) is 0.764. The van der Waals surface area contributed by atoms with Gasteiger partial charge in [0.25, 0.3) is 0 Å². The Bertz CT molecular complexity index is 310. The minimum atomic E-state index is 0.600. The third-order valence-electron chi connectivity index (χ3n) is 1.38. The zero-order valence-corrected chi connectivity index (χ0v) is 9.67. The highest BCUT2D eigenvalue weighted by Crippen LogP contribution is 1.95. The van der Waals surface area contributed by atoms with Crippen LogP contribution in [0.25, 0.3) is 0 Å². The van der Waals surface area contributed by atoms with E-state index in [9.17, 15) is 0 Å². The second-order valence-corrected chi connectivity index (χ2v) is 2.58. The molecule has 0 bridgehead atoms. The van der Waals surface area contributed by atoms with E-state index in [0.29, 0.717) is 5.69 Å². The van der Waals surface area contributed by atoms with Crippen LogP contribution in [0.15, 0.2) is 49.1 Å². The molecule has 0 aliphatic heterocycles. The van der Waals surface area contributed by atoms with Gasteiger partial charge in [0.1, 0.15) is 6.33 Å². The highest BCUT2D eigenvalue weighted by atomic mass is 14.8. The van der Waals surface area contributed by atoms with Crippen molar-refractivity contribution in [3.63, 3.8) is 0 Å². The summed E-state index contributed by atoms with van der Waals surface area (Å²) in [5.74, 6) is 0. The van der Waals surface area contributed by atoms with Crippen molar-refractivity contribution < 1.29 is 0 Å². The molecule has 0 unspecified atom stereocenters. The summed E-state index contributed by atoms with van der Waals surface area (Å²) in [6.45, 7) is 4.00. The zero-order valence-electron chi connectivity index (χ0n) is 9.67. The third kappa shape index (κ3) is 7.32. The highest BCUT2D eigenvalue weighted by Gasteiger charge is 1.74. The molecule has 1 aromatic heterocycles. The molecule has 0 radical (unpaired) electrons. The zero-order chi connectivity index (χ0) is 12.2. The molecule has 86 valence electrons. The van der Waals surface area contributed by atoms with Crippen molar-refractivity contribution in [1.29, 1.82) is 0 Å². The number of nitrogens with zero attached hydrogens (tertiary/aromatic N) is 2. The Morgan fingerprint density at radius 2 is 1.31 bits per heavy atom. The summed E-state index contributed by atoms with van der Waals surface area (Å²) in [7, 11) is 0. The quantitative estimate of drug-likeness (QED) is 0.665. The van der Waals surface area contributed by atoms with Crippen LogP contribution in [0.3, 0.4) is 0 Å². The molecule has 4 nitrogen and oxygen atoms in total. The van der Waals surface area contributed by atoms with Gasteiger partial charge >= 0.3 is 0 Å². The van der Waals surface area contributed by atoms with Crippen molar-refractivity contribution in [1.82, 2.24) is 9.97 Å². The molecule has 0 aliphatic rings. The topological polar surface area (TPSA) is 77.8 Å². The molecule has 2 aromatic rings. The van der Waals surface area contributed by atoms with E-state index in [-0.39, 0.29) is 0 Å². The van der Waals surface area contributed by atoms with Gasteiger partial charge in [0.2, 0.25) is 0 Å². The van der Waals surface area contributed by atoms with E-state index in [4.69, 9.17) is 11.5 Å². The Morgan fingerprint density at radius 3 is 1.56 bits per heavy atom. The summed E-state index contributed by atoms with van der Waals surface area (Å²) in [5, 5.41) is 0. The minimum absolute atomic E-state index is 0.600. The molecule has 0 saturated heterocycles. The maximum Gasteiger partial charge on any atom is 0.115 e. The second-order valence-electron chi connectivity index (χ2n) is 2.58. The monoisotopic (exact) mass is 218 g/mol. The molecule has 4 heteroatoms. The van der Waals surface area contributed by atoms with Gasteiger partial charge in [0.15, 0.2) is 0 Å². The third-order valence-corrected chi connectivity index (χ3v) is 1.38. The first-order valence-electron chi connectivity index (χ1n) is 5.10. The second kappa shape index (κ2) is 9.45. The highest BCUT2D eigenvalue weighted by molar-refractivity contribution is 5.35. The molecule has 0 aliphatic carbocycles. The number of para-hydroxylation sites is 1. The molecule has 4 N–H and O–H groups in total. The number of nitrogens with two attached hydrogens (primary N) is 2. The van der Waals surface area contributed by atoms with E-state index in [1.807, 2.05) is 44.2 Å². The molecule has 0 amide bonds. The summed E-state index contributed by atoms with van der Waals surface area (Å²) in [5.41, 5.74) is 12.0. The Hall–Kier alpha value is -2.10. The molecular formula is C12H18N4. The first-order chi connectivity index (χ1) is 7.79. The van der Waals surface area contributed by atoms with Crippen LogP contribution in [0.5, 0.6) is 0 Å². The molecule has 0 fully saturated rings. The Labute approximate surface area is 96.3 Å². The van der Waals surface area contributed by atoms with Crippen LogP contribution in [0, 0.1) is 0 Å². The van der Waals surface area contributed by atoms with Crippen molar-refractivity contribution in [3.8, 4) is 0 Å².